The Morgan fingerprint density at radius 2 is 2.20 bits per heavy atom. The summed E-state index contributed by atoms with van der Waals surface area (Å²) in [6.45, 7) is 7.10. The van der Waals surface area contributed by atoms with Crippen LogP contribution in [0.15, 0.2) is 23.6 Å². The van der Waals surface area contributed by atoms with E-state index in [1.54, 1.807) is 0 Å². The molecule has 6 nitrogen and oxygen atoms in total. The number of amides is 1. The van der Waals surface area contributed by atoms with E-state index in [1.165, 1.54) is 0 Å². The molecule has 6 heteroatoms. The van der Waals surface area contributed by atoms with Gasteiger partial charge in [0.1, 0.15) is 19.0 Å². The molecule has 1 aliphatic rings. The lowest BCUT2D eigenvalue weighted by Gasteiger charge is -2.17. The number of nitrogens with one attached hydrogen (secondary N) is 2. The largest absolute Gasteiger partial charge is 0.491 e. The van der Waals surface area contributed by atoms with Crippen LogP contribution in [0.5, 0.6) is 0 Å². The molecule has 0 atom stereocenters. The lowest BCUT2D eigenvalue weighted by molar-refractivity contribution is 0.0146. The number of hydroxylamine groups is 1. The second kappa shape index (κ2) is 9.39. The third kappa shape index (κ3) is 7.16. The summed E-state index contributed by atoms with van der Waals surface area (Å²) in [5.41, 5.74) is 3.49. The topological polar surface area (TPSA) is 68.8 Å². The highest BCUT2D eigenvalue weighted by atomic mass is 16.7. The maximum absolute atomic E-state index is 11.6. The molecular formula is C14H24N2O4. The SMILES string of the molecule is CCNOCCOC(=O)NC1=CC(OC(C)C)=CCC1. The van der Waals surface area contributed by atoms with Gasteiger partial charge in [-0.2, -0.15) is 0 Å². The molecular weight excluding hydrogens is 260 g/mol. The van der Waals surface area contributed by atoms with Crippen molar-refractivity contribution < 1.29 is 19.1 Å². The molecule has 0 saturated heterocycles. The summed E-state index contributed by atoms with van der Waals surface area (Å²) >= 11 is 0. The fourth-order valence-electron chi connectivity index (χ4n) is 1.64. The molecule has 0 aromatic rings. The minimum atomic E-state index is -0.470. The van der Waals surface area contributed by atoms with Crippen molar-refractivity contribution in [1.29, 1.82) is 0 Å². The summed E-state index contributed by atoms with van der Waals surface area (Å²) in [6, 6.07) is 0. The second-order valence-corrected chi connectivity index (χ2v) is 4.59. The summed E-state index contributed by atoms with van der Waals surface area (Å²) < 4.78 is 10.6. The van der Waals surface area contributed by atoms with E-state index in [1.807, 2.05) is 32.9 Å². The van der Waals surface area contributed by atoms with E-state index >= 15 is 0 Å². The number of hydrogen-bond donors (Lipinski definition) is 2. The van der Waals surface area contributed by atoms with Gasteiger partial charge in [-0.1, -0.05) is 6.92 Å². The number of hydrogen-bond acceptors (Lipinski definition) is 5. The minimum Gasteiger partial charge on any atom is -0.491 e. The normalized spacial score (nSPS) is 14.6. The molecule has 1 rings (SSSR count). The summed E-state index contributed by atoms with van der Waals surface area (Å²) in [5, 5.41) is 2.72. The highest BCUT2D eigenvalue weighted by Gasteiger charge is 2.11. The first kappa shape index (κ1) is 16.5. The lowest BCUT2D eigenvalue weighted by Crippen LogP contribution is -2.27. The van der Waals surface area contributed by atoms with E-state index < -0.39 is 6.09 Å². The molecule has 0 saturated carbocycles. The van der Waals surface area contributed by atoms with Gasteiger partial charge in [-0.25, -0.2) is 10.3 Å². The fourth-order valence-corrected chi connectivity index (χ4v) is 1.64. The fraction of sp³-hybridized carbons (Fsp3) is 0.643. The molecule has 0 fully saturated rings. The van der Waals surface area contributed by atoms with Crippen molar-refractivity contribution >= 4 is 6.09 Å². The minimum absolute atomic E-state index is 0.118. The van der Waals surface area contributed by atoms with Crippen LogP contribution in [0.3, 0.4) is 0 Å². The molecule has 0 bridgehead atoms. The molecule has 1 aliphatic carbocycles. The molecule has 0 unspecified atom stereocenters. The molecule has 20 heavy (non-hydrogen) atoms. The summed E-state index contributed by atoms with van der Waals surface area (Å²) in [4.78, 5) is 16.5. The van der Waals surface area contributed by atoms with Gasteiger partial charge in [-0.3, -0.25) is 10.2 Å². The predicted molar refractivity (Wildman–Crippen MR) is 75.7 cm³/mol. The van der Waals surface area contributed by atoms with Gasteiger partial charge < -0.3 is 9.47 Å². The van der Waals surface area contributed by atoms with Gasteiger partial charge in [0.05, 0.1) is 6.10 Å². The van der Waals surface area contributed by atoms with E-state index in [0.29, 0.717) is 13.2 Å². The van der Waals surface area contributed by atoms with Crippen molar-refractivity contribution in [2.24, 2.45) is 0 Å². The van der Waals surface area contributed by atoms with Gasteiger partial charge in [-0.05, 0) is 38.8 Å². The average molecular weight is 284 g/mol. The Labute approximate surface area is 120 Å². The number of ether oxygens (including phenoxy) is 2. The first-order chi connectivity index (χ1) is 9.61. The molecule has 0 aliphatic heterocycles. The standard InChI is InChI=1S/C14H24N2O4/c1-4-15-19-9-8-18-14(17)16-12-6-5-7-13(10-12)20-11(2)3/h7,10-11,15H,4-6,8-9H2,1-3H3,(H,16,17). The van der Waals surface area contributed by atoms with Crippen LogP contribution in [0.1, 0.15) is 33.6 Å². The van der Waals surface area contributed by atoms with Gasteiger partial charge in [0.25, 0.3) is 0 Å². The van der Waals surface area contributed by atoms with Crippen molar-refractivity contribution in [3.63, 3.8) is 0 Å². The number of allylic oxidation sites excluding steroid dienone is 3. The van der Waals surface area contributed by atoms with E-state index in [2.05, 4.69) is 10.8 Å². The van der Waals surface area contributed by atoms with Gasteiger partial charge >= 0.3 is 6.09 Å². The predicted octanol–water partition coefficient (Wildman–Crippen LogP) is 2.24. The Balaban J connectivity index is 2.27. The Morgan fingerprint density at radius 3 is 2.90 bits per heavy atom. The molecule has 2 N–H and O–H groups in total. The molecule has 114 valence electrons. The third-order valence-electron chi connectivity index (χ3n) is 2.38. The Kier molecular flexibility index (Phi) is 7.75. The summed E-state index contributed by atoms with van der Waals surface area (Å²) in [5.74, 6) is 0.789. The number of rotatable bonds is 8. The Hall–Kier alpha value is -1.53. The van der Waals surface area contributed by atoms with E-state index in [-0.39, 0.29) is 12.7 Å². The van der Waals surface area contributed by atoms with Crippen LogP contribution >= 0.6 is 0 Å². The summed E-state index contributed by atoms with van der Waals surface area (Å²) in [7, 11) is 0. The average Bonchev–Trinajstić information content (AvgIpc) is 2.38. The van der Waals surface area contributed by atoms with Crippen molar-refractivity contribution in [1.82, 2.24) is 10.8 Å². The van der Waals surface area contributed by atoms with Crippen molar-refractivity contribution in [2.45, 2.75) is 39.7 Å². The van der Waals surface area contributed by atoms with Crippen LogP contribution in [0, 0.1) is 0 Å². The first-order valence-corrected chi connectivity index (χ1v) is 6.97. The molecule has 1 amide bonds. The number of carbonyl (C=O) groups excluding carboxylic acids is 1. The smallest absolute Gasteiger partial charge is 0.411 e. The third-order valence-corrected chi connectivity index (χ3v) is 2.38. The van der Waals surface area contributed by atoms with Crippen LogP contribution in [0.2, 0.25) is 0 Å². The van der Waals surface area contributed by atoms with Gasteiger partial charge in [-0.15, -0.1) is 0 Å². The quantitative estimate of drug-likeness (QED) is 0.528. The highest BCUT2D eigenvalue weighted by Crippen LogP contribution is 2.17. The van der Waals surface area contributed by atoms with Gasteiger partial charge in [0, 0.05) is 12.2 Å². The zero-order chi connectivity index (χ0) is 14.8. The van der Waals surface area contributed by atoms with Crippen molar-refractivity contribution in [3.05, 3.63) is 23.6 Å². The number of carbonyl (C=O) groups is 1. The zero-order valence-corrected chi connectivity index (χ0v) is 12.4. The van der Waals surface area contributed by atoms with Crippen LogP contribution in [0.25, 0.3) is 0 Å². The van der Waals surface area contributed by atoms with Crippen LogP contribution < -0.4 is 10.8 Å². The van der Waals surface area contributed by atoms with Crippen molar-refractivity contribution in [2.75, 3.05) is 19.8 Å². The first-order valence-electron chi connectivity index (χ1n) is 6.97. The van der Waals surface area contributed by atoms with Crippen molar-refractivity contribution in [3.8, 4) is 0 Å². The molecule has 0 radical (unpaired) electrons. The maximum atomic E-state index is 11.6. The number of alkyl carbamates (subject to hydrolysis) is 1. The Bertz CT molecular complexity index is 364. The second-order valence-electron chi connectivity index (χ2n) is 4.59. The maximum Gasteiger partial charge on any atom is 0.411 e. The summed E-state index contributed by atoms with van der Waals surface area (Å²) in [6.07, 6.45) is 5.11. The lowest BCUT2D eigenvalue weighted by atomic mass is 10.1. The zero-order valence-electron chi connectivity index (χ0n) is 12.4. The van der Waals surface area contributed by atoms with Crippen LogP contribution in [-0.2, 0) is 14.3 Å². The van der Waals surface area contributed by atoms with Crippen LogP contribution in [-0.4, -0.2) is 32.0 Å². The highest BCUT2D eigenvalue weighted by molar-refractivity contribution is 5.69. The van der Waals surface area contributed by atoms with Crippen LogP contribution in [0.4, 0.5) is 4.79 Å². The van der Waals surface area contributed by atoms with E-state index in [0.717, 1.165) is 24.3 Å². The van der Waals surface area contributed by atoms with E-state index in [9.17, 15) is 4.79 Å². The monoisotopic (exact) mass is 284 g/mol. The molecule has 0 spiro atoms. The molecule has 0 aromatic carbocycles. The Morgan fingerprint density at radius 1 is 1.40 bits per heavy atom. The van der Waals surface area contributed by atoms with E-state index in [4.69, 9.17) is 14.3 Å². The van der Waals surface area contributed by atoms with Gasteiger partial charge in [0.15, 0.2) is 0 Å². The molecule has 0 heterocycles. The van der Waals surface area contributed by atoms with Gasteiger partial charge in [0.2, 0.25) is 0 Å². The molecule has 0 aromatic heterocycles.